The quantitative estimate of drug-likeness (QED) is 0.406. The summed E-state index contributed by atoms with van der Waals surface area (Å²) in [6, 6.07) is 0. The predicted octanol–water partition coefficient (Wildman–Crippen LogP) is 4.50. The van der Waals surface area contributed by atoms with Gasteiger partial charge in [0.05, 0.1) is 0 Å². The van der Waals surface area contributed by atoms with E-state index < -0.39 is 0 Å². The molecule has 0 heterocycles. The van der Waals surface area contributed by atoms with Crippen LogP contribution in [-0.4, -0.2) is 21.9 Å². The number of hydrogen-bond donors (Lipinski definition) is 1. The van der Waals surface area contributed by atoms with Gasteiger partial charge in [0.25, 0.3) is 0 Å². The minimum atomic E-state index is 0.193. The number of ketones is 1. The molecule has 126 valence electrons. The van der Waals surface area contributed by atoms with Crippen LogP contribution in [0.25, 0.3) is 0 Å². The Morgan fingerprint density at radius 2 is 1.91 bits per heavy atom. The van der Waals surface area contributed by atoms with E-state index in [-0.39, 0.29) is 12.5 Å². The molecule has 0 amide bonds. The minimum Gasteiger partial charge on any atom is -0.396 e. The first-order chi connectivity index (χ1) is 10.4. The minimum absolute atomic E-state index is 0.193. The lowest BCUT2D eigenvalue weighted by atomic mass is 9.57. The number of allylic oxidation sites excluding steroid dienone is 2. The maximum absolute atomic E-state index is 12.4. The zero-order chi connectivity index (χ0) is 16.4. The number of halogens is 1. The van der Waals surface area contributed by atoms with Crippen LogP contribution in [0.1, 0.15) is 47.0 Å². The number of carbonyl (C=O) groups is 1. The topological polar surface area (TPSA) is 37.3 Å². The molecule has 0 aliphatic heterocycles. The van der Waals surface area contributed by atoms with Crippen LogP contribution in [0.2, 0.25) is 0 Å². The highest BCUT2D eigenvalue weighted by Crippen LogP contribution is 2.50. The SMILES string of the molecule is CC1=C[C@@H]2[C@H]([C@H](C)CO)CC(=O)C[C@@H]2[C@H]([C@H](CI)C(C)C)C1. The molecule has 6 atom stereocenters. The fourth-order valence-electron chi connectivity index (χ4n) is 4.77. The molecule has 0 spiro atoms. The number of alkyl halides is 1. The van der Waals surface area contributed by atoms with Crippen LogP contribution >= 0.6 is 22.6 Å². The lowest BCUT2D eigenvalue weighted by Crippen LogP contribution is -2.44. The number of fused-ring (bicyclic) bond motifs is 1. The number of aliphatic hydroxyl groups is 1. The molecular formula is C19H31IO2. The number of Topliss-reactive ketones (excluding diaryl/α,β-unsaturated/α-hetero) is 1. The first-order valence-electron chi connectivity index (χ1n) is 8.74. The Morgan fingerprint density at radius 1 is 1.23 bits per heavy atom. The molecule has 0 unspecified atom stereocenters. The third kappa shape index (κ3) is 3.77. The van der Waals surface area contributed by atoms with E-state index in [9.17, 15) is 9.90 Å². The molecule has 0 bridgehead atoms. The van der Waals surface area contributed by atoms with Gasteiger partial charge in [0.15, 0.2) is 0 Å². The van der Waals surface area contributed by atoms with E-state index in [4.69, 9.17) is 0 Å². The summed E-state index contributed by atoms with van der Waals surface area (Å²) in [5, 5.41) is 9.61. The molecule has 3 heteroatoms. The molecule has 1 fully saturated rings. The maximum Gasteiger partial charge on any atom is 0.133 e. The van der Waals surface area contributed by atoms with Gasteiger partial charge in [-0.1, -0.05) is 55.0 Å². The number of aliphatic hydroxyl groups excluding tert-OH is 1. The van der Waals surface area contributed by atoms with Crippen molar-refractivity contribution in [3.05, 3.63) is 11.6 Å². The van der Waals surface area contributed by atoms with Crippen LogP contribution in [0.3, 0.4) is 0 Å². The highest BCUT2D eigenvalue weighted by Gasteiger charge is 2.45. The van der Waals surface area contributed by atoms with Crippen molar-refractivity contribution in [2.75, 3.05) is 11.0 Å². The van der Waals surface area contributed by atoms with Crippen molar-refractivity contribution in [3.8, 4) is 0 Å². The number of rotatable bonds is 5. The molecule has 2 aliphatic carbocycles. The molecule has 1 N–H and O–H groups in total. The summed E-state index contributed by atoms with van der Waals surface area (Å²) >= 11 is 2.52. The number of carbonyl (C=O) groups excluding carboxylic acids is 1. The molecule has 0 aromatic carbocycles. The van der Waals surface area contributed by atoms with Crippen molar-refractivity contribution in [2.45, 2.75) is 47.0 Å². The molecule has 1 saturated carbocycles. The van der Waals surface area contributed by atoms with Gasteiger partial charge in [-0.05, 0) is 54.8 Å². The number of hydrogen-bond acceptors (Lipinski definition) is 2. The molecule has 0 radical (unpaired) electrons. The van der Waals surface area contributed by atoms with Crippen molar-refractivity contribution in [1.29, 1.82) is 0 Å². The van der Waals surface area contributed by atoms with E-state index in [1.54, 1.807) is 0 Å². The van der Waals surface area contributed by atoms with Crippen molar-refractivity contribution >= 4 is 28.4 Å². The summed E-state index contributed by atoms with van der Waals surface area (Å²) in [5.41, 5.74) is 1.49. The summed E-state index contributed by atoms with van der Waals surface area (Å²) < 4.78 is 1.17. The van der Waals surface area contributed by atoms with E-state index in [2.05, 4.69) is 56.4 Å². The van der Waals surface area contributed by atoms with Crippen molar-refractivity contribution < 1.29 is 9.90 Å². The van der Waals surface area contributed by atoms with Crippen LogP contribution in [0.15, 0.2) is 11.6 Å². The zero-order valence-corrected chi connectivity index (χ0v) is 16.5. The highest BCUT2D eigenvalue weighted by atomic mass is 127. The van der Waals surface area contributed by atoms with Crippen LogP contribution in [0.5, 0.6) is 0 Å². The molecular weight excluding hydrogens is 387 g/mol. The maximum atomic E-state index is 12.4. The molecule has 0 aromatic heterocycles. The predicted molar refractivity (Wildman–Crippen MR) is 100 cm³/mol. The third-order valence-electron chi connectivity index (χ3n) is 6.10. The lowest BCUT2D eigenvalue weighted by molar-refractivity contribution is -0.127. The standard InChI is InChI=1S/C19H31IO2/c1-11(2)19(9-20)17-6-12(3)5-16-15(13(4)10-21)7-14(22)8-18(16)17/h5,11,13,15-19,21H,6-10H2,1-4H3/t13-,15+,16-,17-,18+,19-/m1/s1. The van der Waals surface area contributed by atoms with Gasteiger partial charge < -0.3 is 5.11 Å². The fraction of sp³-hybridized carbons (Fsp3) is 0.842. The van der Waals surface area contributed by atoms with Crippen LogP contribution in [0.4, 0.5) is 0 Å². The molecule has 0 saturated heterocycles. The summed E-state index contributed by atoms with van der Waals surface area (Å²) in [4.78, 5) is 12.4. The normalized spacial score (nSPS) is 35.0. The Labute approximate surface area is 149 Å². The van der Waals surface area contributed by atoms with Gasteiger partial charge in [-0.3, -0.25) is 4.79 Å². The summed E-state index contributed by atoms with van der Waals surface area (Å²) in [7, 11) is 0. The van der Waals surface area contributed by atoms with Gasteiger partial charge in [-0.25, -0.2) is 0 Å². The second-order valence-electron chi connectivity index (χ2n) is 7.96. The van der Waals surface area contributed by atoms with Crippen molar-refractivity contribution in [3.63, 3.8) is 0 Å². The first kappa shape index (κ1) is 18.4. The van der Waals surface area contributed by atoms with E-state index in [0.29, 0.717) is 47.7 Å². The van der Waals surface area contributed by atoms with E-state index in [1.165, 1.54) is 10.0 Å². The van der Waals surface area contributed by atoms with Crippen LogP contribution in [-0.2, 0) is 4.79 Å². The Bertz CT molecular complexity index is 429. The van der Waals surface area contributed by atoms with E-state index in [0.717, 1.165) is 12.8 Å². The smallest absolute Gasteiger partial charge is 0.133 e. The van der Waals surface area contributed by atoms with E-state index >= 15 is 0 Å². The van der Waals surface area contributed by atoms with Gasteiger partial charge in [-0.2, -0.15) is 0 Å². The molecule has 2 rings (SSSR count). The van der Waals surface area contributed by atoms with Crippen LogP contribution < -0.4 is 0 Å². The Balaban J connectivity index is 2.33. The Kier molecular flexibility index (Phi) is 6.52. The molecule has 0 aromatic rings. The molecule has 2 nitrogen and oxygen atoms in total. The Hall–Kier alpha value is 0.100. The molecule has 2 aliphatic rings. The summed E-state index contributed by atoms with van der Waals surface area (Å²) in [6.45, 7) is 9.20. The summed E-state index contributed by atoms with van der Waals surface area (Å²) in [5.74, 6) is 3.93. The average Bonchev–Trinajstić information content (AvgIpc) is 2.46. The zero-order valence-electron chi connectivity index (χ0n) is 14.4. The van der Waals surface area contributed by atoms with Gasteiger partial charge in [0, 0.05) is 23.9 Å². The lowest BCUT2D eigenvalue weighted by Gasteiger charge is -2.48. The fourth-order valence-corrected chi connectivity index (χ4v) is 6.44. The third-order valence-corrected chi connectivity index (χ3v) is 7.12. The van der Waals surface area contributed by atoms with Crippen molar-refractivity contribution in [1.82, 2.24) is 0 Å². The van der Waals surface area contributed by atoms with Gasteiger partial charge >= 0.3 is 0 Å². The van der Waals surface area contributed by atoms with Gasteiger partial charge in [-0.15, -0.1) is 0 Å². The van der Waals surface area contributed by atoms with Crippen LogP contribution in [0, 0.1) is 41.4 Å². The molecule has 22 heavy (non-hydrogen) atoms. The average molecular weight is 418 g/mol. The highest BCUT2D eigenvalue weighted by molar-refractivity contribution is 14.1. The van der Waals surface area contributed by atoms with Gasteiger partial charge in [0.1, 0.15) is 5.78 Å². The second kappa shape index (κ2) is 7.78. The largest absolute Gasteiger partial charge is 0.396 e. The van der Waals surface area contributed by atoms with E-state index in [1.807, 2.05) is 0 Å². The summed E-state index contributed by atoms with van der Waals surface area (Å²) in [6.07, 6.45) is 5.01. The monoisotopic (exact) mass is 418 g/mol. The second-order valence-corrected chi connectivity index (χ2v) is 8.84. The van der Waals surface area contributed by atoms with Crippen molar-refractivity contribution in [2.24, 2.45) is 41.4 Å². The Morgan fingerprint density at radius 3 is 2.45 bits per heavy atom. The first-order valence-corrected chi connectivity index (χ1v) is 10.3. The van der Waals surface area contributed by atoms with Gasteiger partial charge in [0.2, 0.25) is 0 Å².